The van der Waals surface area contributed by atoms with E-state index in [-0.39, 0.29) is 6.61 Å². The van der Waals surface area contributed by atoms with Gasteiger partial charge in [0.15, 0.2) is 0 Å². The van der Waals surface area contributed by atoms with Crippen LogP contribution in [0.1, 0.15) is 11.1 Å². The summed E-state index contributed by atoms with van der Waals surface area (Å²) in [6.07, 6.45) is 0.439. The summed E-state index contributed by atoms with van der Waals surface area (Å²) >= 11 is 0. The first-order valence-corrected chi connectivity index (χ1v) is 4.13. The van der Waals surface area contributed by atoms with E-state index in [1.54, 1.807) is 12.1 Å². The van der Waals surface area contributed by atoms with Crippen LogP contribution < -0.4 is 0 Å². The summed E-state index contributed by atoms with van der Waals surface area (Å²) in [7, 11) is 0. The van der Waals surface area contributed by atoms with Crippen LogP contribution in [-0.4, -0.2) is 22.8 Å². The van der Waals surface area contributed by atoms with Crippen molar-refractivity contribution >= 4 is 5.97 Å². The molecule has 1 aromatic carbocycles. The van der Waals surface area contributed by atoms with Gasteiger partial charge < -0.3 is 10.2 Å². The highest BCUT2D eigenvalue weighted by Gasteiger charge is 2.48. The van der Waals surface area contributed by atoms with E-state index < -0.39 is 11.4 Å². The lowest BCUT2D eigenvalue weighted by Gasteiger charge is -2.38. The predicted octanol–water partition coefficient (Wildman–Crippen LogP) is 0.557. The normalized spacial score (nSPS) is 24.7. The average molecular weight is 178 g/mol. The number of hydrogen-bond acceptors (Lipinski definition) is 2. The number of aliphatic hydroxyl groups is 1. The van der Waals surface area contributed by atoms with Gasteiger partial charge in [0, 0.05) is 0 Å². The molecule has 13 heavy (non-hydrogen) atoms. The maximum absolute atomic E-state index is 10.9. The van der Waals surface area contributed by atoms with Crippen molar-refractivity contribution in [3.05, 3.63) is 35.4 Å². The molecule has 1 aliphatic rings. The van der Waals surface area contributed by atoms with Crippen LogP contribution in [0.4, 0.5) is 0 Å². The van der Waals surface area contributed by atoms with Crippen molar-refractivity contribution in [3.63, 3.8) is 0 Å². The maximum atomic E-state index is 10.9. The number of hydrogen-bond donors (Lipinski definition) is 2. The lowest BCUT2D eigenvalue weighted by atomic mass is 9.64. The van der Waals surface area contributed by atoms with Crippen LogP contribution in [0.25, 0.3) is 0 Å². The summed E-state index contributed by atoms with van der Waals surface area (Å²) in [5, 5.41) is 18.0. The molecular formula is C10H10O3. The van der Waals surface area contributed by atoms with Crippen LogP contribution in [-0.2, 0) is 16.6 Å². The van der Waals surface area contributed by atoms with Gasteiger partial charge >= 0.3 is 5.97 Å². The molecule has 0 fully saturated rings. The molecule has 0 spiro atoms. The molecule has 3 nitrogen and oxygen atoms in total. The van der Waals surface area contributed by atoms with E-state index in [9.17, 15) is 4.79 Å². The first kappa shape index (κ1) is 8.26. The highest BCUT2D eigenvalue weighted by molar-refractivity contribution is 5.85. The van der Waals surface area contributed by atoms with E-state index >= 15 is 0 Å². The number of rotatable bonds is 2. The second kappa shape index (κ2) is 2.57. The molecule has 0 heterocycles. The van der Waals surface area contributed by atoms with Crippen LogP contribution in [0.5, 0.6) is 0 Å². The average Bonchev–Trinajstić information content (AvgIpc) is 2.07. The van der Waals surface area contributed by atoms with E-state index in [0.29, 0.717) is 6.42 Å². The molecule has 0 aliphatic heterocycles. The fourth-order valence-electron chi connectivity index (χ4n) is 1.85. The minimum atomic E-state index is -1.03. The minimum Gasteiger partial charge on any atom is -0.481 e. The Kier molecular flexibility index (Phi) is 1.63. The molecule has 0 aromatic heterocycles. The molecule has 68 valence electrons. The monoisotopic (exact) mass is 178 g/mol. The molecule has 2 rings (SSSR count). The summed E-state index contributed by atoms with van der Waals surface area (Å²) in [6, 6.07) is 7.34. The number of carboxylic acids is 1. The van der Waals surface area contributed by atoms with E-state index in [2.05, 4.69) is 0 Å². The SMILES string of the molecule is O=C(O)C1(CO)Cc2ccccc21. The first-order chi connectivity index (χ1) is 6.20. The van der Waals surface area contributed by atoms with Gasteiger partial charge in [-0.25, -0.2) is 0 Å². The topological polar surface area (TPSA) is 57.5 Å². The summed E-state index contributed by atoms with van der Waals surface area (Å²) in [5.41, 5.74) is 0.750. The number of fused-ring (bicyclic) bond motifs is 1. The summed E-state index contributed by atoms with van der Waals surface area (Å²) in [5.74, 6) is -0.936. The molecule has 0 amide bonds. The molecule has 0 bridgehead atoms. The highest BCUT2D eigenvalue weighted by Crippen LogP contribution is 2.40. The smallest absolute Gasteiger partial charge is 0.316 e. The lowest BCUT2D eigenvalue weighted by molar-refractivity contribution is -0.146. The van der Waals surface area contributed by atoms with Gasteiger partial charge in [-0.2, -0.15) is 0 Å². The fraction of sp³-hybridized carbons (Fsp3) is 0.300. The zero-order valence-corrected chi connectivity index (χ0v) is 7.03. The molecule has 1 atom stereocenters. The summed E-state index contributed by atoms with van der Waals surface area (Å²) in [6.45, 7) is -0.320. The number of aliphatic hydroxyl groups excluding tert-OH is 1. The number of benzene rings is 1. The quantitative estimate of drug-likeness (QED) is 0.695. The van der Waals surface area contributed by atoms with Crippen molar-refractivity contribution in [3.8, 4) is 0 Å². The van der Waals surface area contributed by atoms with Gasteiger partial charge in [0.1, 0.15) is 5.41 Å². The van der Waals surface area contributed by atoms with Gasteiger partial charge in [0.25, 0.3) is 0 Å². The minimum absolute atomic E-state index is 0.320. The third-order valence-corrected chi connectivity index (χ3v) is 2.70. The van der Waals surface area contributed by atoms with Crippen LogP contribution in [0, 0.1) is 0 Å². The van der Waals surface area contributed by atoms with Gasteiger partial charge in [-0.3, -0.25) is 4.79 Å². The Bertz CT molecular complexity index is 359. The molecule has 0 radical (unpaired) electrons. The van der Waals surface area contributed by atoms with Crippen LogP contribution in [0.3, 0.4) is 0 Å². The van der Waals surface area contributed by atoms with Crippen molar-refractivity contribution in [2.45, 2.75) is 11.8 Å². The standard InChI is InChI=1S/C10H10O3/c11-6-10(9(12)13)5-7-3-1-2-4-8(7)10/h1-4,11H,5-6H2,(H,12,13). The Morgan fingerprint density at radius 2 is 2.15 bits per heavy atom. The molecule has 3 heteroatoms. The van der Waals surface area contributed by atoms with Crippen molar-refractivity contribution in [1.29, 1.82) is 0 Å². The van der Waals surface area contributed by atoms with Gasteiger partial charge in [-0.15, -0.1) is 0 Å². The van der Waals surface area contributed by atoms with Gasteiger partial charge in [-0.05, 0) is 17.5 Å². The van der Waals surface area contributed by atoms with Crippen molar-refractivity contribution in [2.24, 2.45) is 0 Å². The number of carbonyl (C=O) groups is 1. The molecule has 1 aromatic rings. The Balaban J connectivity index is 2.47. The van der Waals surface area contributed by atoms with Crippen LogP contribution >= 0.6 is 0 Å². The Morgan fingerprint density at radius 1 is 1.46 bits per heavy atom. The number of carboxylic acid groups (broad SMARTS) is 1. The lowest BCUT2D eigenvalue weighted by Crippen LogP contribution is -2.49. The maximum Gasteiger partial charge on any atom is 0.316 e. The van der Waals surface area contributed by atoms with Gasteiger partial charge in [-0.1, -0.05) is 24.3 Å². The predicted molar refractivity (Wildman–Crippen MR) is 46.5 cm³/mol. The molecule has 1 unspecified atom stereocenters. The zero-order chi connectivity index (χ0) is 9.47. The highest BCUT2D eigenvalue weighted by atomic mass is 16.4. The Morgan fingerprint density at radius 3 is 2.69 bits per heavy atom. The number of aliphatic carboxylic acids is 1. The summed E-state index contributed by atoms with van der Waals surface area (Å²) in [4.78, 5) is 10.9. The molecular weight excluding hydrogens is 168 g/mol. The van der Waals surface area contributed by atoms with Crippen LogP contribution in [0.15, 0.2) is 24.3 Å². The molecule has 1 aliphatic carbocycles. The third-order valence-electron chi connectivity index (χ3n) is 2.70. The largest absolute Gasteiger partial charge is 0.481 e. The summed E-state index contributed by atoms with van der Waals surface area (Å²) < 4.78 is 0. The van der Waals surface area contributed by atoms with E-state index in [1.807, 2.05) is 12.1 Å². The van der Waals surface area contributed by atoms with Crippen LogP contribution in [0.2, 0.25) is 0 Å². The third kappa shape index (κ3) is 0.906. The van der Waals surface area contributed by atoms with Crippen molar-refractivity contribution < 1.29 is 15.0 Å². The molecule has 2 N–H and O–H groups in total. The Hall–Kier alpha value is -1.35. The second-order valence-corrected chi connectivity index (χ2v) is 3.38. The van der Waals surface area contributed by atoms with Gasteiger partial charge in [0.05, 0.1) is 6.61 Å². The zero-order valence-electron chi connectivity index (χ0n) is 7.03. The van der Waals surface area contributed by atoms with E-state index in [0.717, 1.165) is 11.1 Å². The van der Waals surface area contributed by atoms with E-state index in [1.165, 1.54) is 0 Å². The van der Waals surface area contributed by atoms with Crippen molar-refractivity contribution in [1.82, 2.24) is 0 Å². The first-order valence-electron chi connectivity index (χ1n) is 4.13. The van der Waals surface area contributed by atoms with E-state index in [4.69, 9.17) is 10.2 Å². The molecule has 0 saturated carbocycles. The van der Waals surface area contributed by atoms with Crippen molar-refractivity contribution in [2.75, 3.05) is 6.61 Å². The molecule has 0 saturated heterocycles. The van der Waals surface area contributed by atoms with Gasteiger partial charge in [0.2, 0.25) is 0 Å². The fourth-order valence-corrected chi connectivity index (χ4v) is 1.85. The Labute approximate surface area is 75.6 Å². The second-order valence-electron chi connectivity index (χ2n) is 3.38.